The predicted octanol–water partition coefficient (Wildman–Crippen LogP) is 2.65. The van der Waals surface area contributed by atoms with Gasteiger partial charge >= 0.3 is 0 Å². The summed E-state index contributed by atoms with van der Waals surface area (Å²) in [5.41, 5.74) is 1.06. The van der Waals surface area contributed by atoms with Crippen LogP contribution >= 0.6 is 11.3 Å². The Morgan fingerprint density at radius 1 is 1.46 bits per heavy atom. The molecule has 4 nitrogen and oxygen atoms in total. The molecule has 124 valence electrons. The van der Waals surface area contributed by atoms with Crippen molar-refractivity contribution in [1.82, 2.24) is 10.3 Å². The Morgan fingerprint density at radius 2 is 2.29 bits per heavy atom. The van der Waals surface area contributed by atoms with E-state index in [2.05, 4.69) is 27.0 Å². The second-order valence-corrected chi connectivity index (χ2v) is 7.09. The summed E-state index contributed by atoms with van der Waals surface area (Å²) in [6, 6.07) is 4.77. The molecule has 1 N–H and O–H groups in total. The molecule has 24 heavy (non-hydrogen) atoms. The molecule has 2 aromatic rings. The smallest absolute Gasteiger partial charge is 0.296 e. The van der Waals surface area contributed by atoms with Crippen LogP contribution in [0, 0.1) is 31.5 Å². The molecular formula is C18H18FN3OS. The first-order valence-electron chi connectivity index (χ1n) is 7.77. The number of aromatic nitrogens is 1. The van der Waals surface area contributed by atoms with E-state index in [0.29, 0.717) is 11.1 Å². The second-order valence-electron chi connectivity index (χ2n) is 5.87. The molecule has 0 spiro atoms. The zero-order valence-corrected chi connectivity index (χ0v) is 14.4. The molecule has 1 amide bonds. The van der Waals surface area contributed by atoms with Gasteiger partial charge in [0.2, 0.25) is 0 Å². The average Bonchev–Trinajstić information content (AvgIpc) is 3.17. The maximum absolute atomic E-state index is 13.5. The van der Waals surface area contributed by atoms with Crippen LogP contribution < -0.4 is 10.2 Å². The van der Waals surface area contributed by atoms with E-state index in [4.69, 9.17) is 0 Å². The summed E-state index contributed by atoms with van der Waals surface area (Å²) in [5, 5.41) is 3.90. The number of carbonyl (C=O) groups excluding carboxylic acids is 1. The van der Waals surface area contributed by atoms with Crippen molar-refractivity contribution in [2.75, 3.05) is 18.0 Å². The zero-order valence-electron chi connectivity index (χ0n) is 13.6. The van der Waals surface area contributed by atoms with Gasteiger partial charge in [0.05, 0.1) is 0 Å². The van der Waals surface area contributed by atoms with Gasteiger partial charge in [-0.15, -0.1) is 11.3 Å². The van der Waals surface area contributed by atoms with Crippen molar-refractivity contribution in [3.8, 4) is 11.8 Å². The van der Waals surface area contributed by atoms with Gasteiger partial charge in [-0.1, -0.05) is 12.0 Å². The summed E-state index contributed by atoms with van der Waals surface area (Å²) in [5.74, 6) is 4.59. The summed E-state index contributed by atoms with van der Waals surface area (Å²) >= 11 is 1.65. The summed E-state index contributed by atoms with van der Waals surface area (Å²) in [4.78, 5) is 19.7. The molecule has 1 fully saturated rings. The van der Waals surface area contributed by atoms with Crippen molar-refractivity contribution >= 4 is 22.4 Å². The van der Waals surface area contributed by atoms with Crippen LogP contribution in [0.4, 0.5) is 9.52 Å². The molecule has 2 heterocycles. The molecule has 0 aliphatic carbocycles. The van der Waals surface area contributed by atoms with E-state index in [0.717, 1.165) is 24.6 Å². The fourth-order valence-corrected chi connectivity index (χ4v) is 3.36. The lowest BCUT2D eigenvalue weighted by molar-refractivity contribution is -0.116. The SMILES string of the molecule is Cc1cnc(N2CCC(NC(=O)C#Cc3ccc(C)c(F)c3)C2)s1. The highest BCUT2D eigenvalue weighted by atomic mass is 32.1. The standard InChI is InChI=1S/C18H18FN3OS/c1-12-3-4-14(9-16(12)19)5-6-17(23)21-15-7-8-22(11-15)18-20-10-13(2)24-18/h3-4,9-10,15H,7-8,11H2,1-2H3,(H,21,23). The third-order valence-corrected chi connectivity index (χ3v) is 4.87. The Morgan fingerprint density at radius 3 is 3.00 bits per heavy atom. The van der Waals surface area contributed by atoms with Crippen LogP contribution in [0.5, 0.6) is 0 Å². The number of hydrogen-bond donors (Lipinski definition) is 1. The fourth-order valence-electron chi connectivity index (χ4n) is 2.56. The first-order chi connectivity index (χ1) is 11.5. The van der Waals surface area contributed by atoms with Crippen LogP contribution in [0.3, 0.4) is 0 Å². The molecule has 1 aromatic carbocycles. The second kappa shape index (κ2) is 7.02. The minimum absolute atomic E-state index is 0.0609. The van der Waals surface area contributed by atoms with Crippen LogP contribution in [-0.2, 0) is 4.79 Å². The van der Waals surface area contributed by atoms with E-state index in [9.17, 15) is 9.18 Å². The first kappa shape index (κ1) is 16.5. The lowest BCUT2D eigenvalue weighted by Gasteiger charge is -2.14. The number of hydrogen-bond acceptors (Lipinski definition) is 4. The van der Waals surface area contributed by atoms with Crippen LogP contribution in [-0.4, -0.2) is 30.0 Å². The minimum Gasteiger partial charge on any atom is -0.346 e. The van der Waals surface area contributed by atoms with E-state index < -0.39 is 0 Å². The Kier molecular flexibility index (Phi) is 4.81. The third-order valence-electron chi connectivity index (χ3n) is 3.90. The maximum Gasteiger partial charge on any atom is 0.296 e. The highest BCUT2D eigenvalue weighted by molar-refractivity contribution is 7.15. The largest absolute Gasteiger partial charge is 0.346 e. The van der Waals surface area contributed by atoms with Crippen molar-refractivity contribution in [3.63, 3.8) is 0 Å². The van der Waals surface area contributed by atoms with Gasteiger partial charge in [0.1, 0.15) is 5.82 Å². The summed E-state index contributed by atoms with van der Waals surface area (Å²) in [6.07, 6.45) is 2.73. The molecule has 6 heteroatoms. The quantitative estimate of drug-likeness (QED) is 0.853. The Balaban J connectivity index is 1.56. The number of nitrogens with zero attached hydrogens (tertiary/aromatic N) is 2. The molecular weight excluding hydrogens is 325 g/mol. The number of carbonyl (C=O) groups is 1. The number of aryl methyl sites for hydroxylation is 2. The Hall–Kier alpha value is -2.39. The summed E-state index contributed by atoms with van der Waals surface area (Å²) in [6.45, 7) is 5.32. The normalized spacial score (nSPS) is 16.6. The van der Waals surface area contributed by atoms with Gasteiger partial charge in [-0.05, 0) is 38.0 Å². The molecule has 0 radical (unpaired) electrons. The lowest BCUT2D eigenvalue weighted by atomic mass is 10.1. The molecule has 1 aliphatic heterocycles. The first-order valence-corrected chi connectivity index (χ1v) is 8.59. The minimum atomic E-state index is -0.335. The Bertz CT molecular complexity index is 821. The molecule has 1 saturated heterocycles. The monoisotopic (exact) mass is 343 g/mol. The number of benzene rings is 1. The average molecular weight is 343 g/mol. The maximum atomic E-state index is 13.5. The highest BCUT2D eigenvalue weighted by Crippen LogP contribution is 2.25. The third kappa shape index (κ3) is 3.92. The molecule has 1 aromatic heterocycles. The summed E-state index contributed by atoms with van der Waals surface area (Å²) in [7, 11) is 0. The zero-order chi connectivity index (χ0) is 17.1. The number of rotatable bonds is 2. The number of anilines is 1. The molecule has 1 unspecified atom stereocenters. The van der Waals surface area contributed by atoms with Crippen LogP contribution in [0.2, 0.25) is 0 Å². The highest BCUT2D eigenvalue weighted by Gasteiger charge is 2.25. The van der Waals surface area contributed by atoms with E-state index in [1.807, 2.05) is 13.1 Å². The Labute approximate surface area is 144 Å². The van der Waals surface area contributed by atoms with Gasteiger partial charge in [-0.25, -0.2) is 9.37 Å². The van der Waals surface area contributed by atoms with Crippen molar-refractivity contribution in [2.24, 2.45) is 0 Å². The van der Waals surface area contributed by atoms with Gasteiger partial charge in [0.15, 0.2) is 5.13 Å². The van der Waals surface area contributed by atoms with E-state index in [-0.39, 0.29) is 17.8 Å². The molecule has 0 bridgehead atoms. The molecule has 1 aliphatic rings. The van der Waals surface area contributed by atoms with E-state index >= 15 is 0 Å². The molecule has 0 saturated carbocycles. The van der Waals surface area contributed by atoms with Gasteiger partial charge < -0.3 is 10.2 Å². The van der Waals surface area contributed by atoms with Gasteiger partial charge in [-0.3, -0.25) is 4.79 Å². The van der Waals surface area contributed by atoms with Crippen LogP contribution in [0.25, 0.3) is 0 Å². The fraction of sp³-hybridized carbons (Fsp3) is 0.333. The van der Waals surface area contributed by atoms with Gasteiger partial charge in [-0.2, -0.15) is 0 Å². The number of halogens is 1. The van der Waals surface area contributed by atoms with Crippen molar-refractivity contribution in [2.45, 2.75) is 26.3 Å². The van der Waals surface area contributed by atoms with Crippen LogP contribution in [0.1, 0.15) is 22.4 Å². The van der Waals surface area contributed by atoms with E-state index in [1.54, 1.807) is 30.4 Å². The number of thiazole rings is 1. The lowest BCUT2D eigenvalue weighted by Crippen LogP contribution is -2.36. The van der Waals surface area contributed by atoms with Gasteiger partial charge in [0, 0.05) is 41.7 Å². The van der Waals surface area contributed by atoms with Crippen molar-refractivity contribution in [1.29, 1.82) is 0 Å². The van der Waals surface area contributed by atoms with Crippen molar-refractivity contribution in [3.05, 3.63) is 46.2 Å². The van der Waals surface area contributed by atoms with Crippen molar-refractivity contribution < 1.29 is 9.18 Å². The predicted molar refractivity (Wildman–Crippen MR) is 93.6 cm³/mol. The van der Waals surface area contributed by atoms with E-state index in [1.165, 1.54) is 10.9 Å². The number of amides is 1. The molecule has 3 rings (SSSR count). The topological polar surface area (TPSA) is 45.2 Å². The van der Waals surface area contributed by atoms with Crippen LogP contribution in [0.15, 0.2) is 24.4 Å². The summed E-state index contributed by atoms with van der Waals surface area (Å²) < 4.78 is 13.5. The van der Waals surface area contributed by atoms with Gasteiger partial charge in [0.25, 0.3) is 5.91 Å². The molecule has 1 atom stereocenters. The number of nitrogens with one attached hydrogen (secondary N) is 1.